The van der Waals surface area contributed by atoms with Gasteiger partial charge in [0, 0.05) is 12.8 Å². The van der Waals surface area contributed by atoms with Gasteiger partial charge >= 0.3 is 11.9 Å². The first-order chi connectivity index (χ1) is 15.9. The predicted molar refractivity (Wildman–Crippen MR) is 114 cm³/mol. The first kappa shape index (κ1) is 28.3. The number of carbonyl (C=O) groups is 7. The molecule has 1 fully saturated rings. The maximum Gasteiger partial charge on any atom is 0.326 e. The molecule has 4 atom stereocenters. The van der Waals surface area contributed by atoms with Crippen molar-refractivity contribution in [1.82, 2.24) is 21.3 Å². The van der Waals surface area contributed by atoms with Gasteiger partial charge in [0.1, 0.15) is 18.1 Å². The van der Waals surface area contributed by atoms with Crippen LogP contribution in [0.25, 0.3) is 0 Å². The molecule has 0 aromatic heterocycles. The standard InChI is InChI=1S/C19H30N6O9/c20-13(26)5-3-10(17(31)24-11(19(33)34)4-6-14(21)27)23-18(32)12(8-15(28)29)25-16(30)9-2-1-7-22-9/h9-12,22H,1-8H2,(H2,20,26)(H2,21,27)(H,23,32)(H,24,31)(H,25,30)(H,28,29)(H,33,34). The van der Waals surface area contributed by atoms with Gasteiger partial charge in [0.05, 0.1) is 12.5 Å². The lowest BCUT2D eigenvalue weighted by Crippen LogP contribution is -2.57. The molecule has 34 heavy (non-hydrogen) atoms. The van der Waals surface area contributed by atoms with Gasteiger partial charge < -0.3 is 42.9 Å². The summed E-state index contributed by atoms with van der Waals surface area (Å²) in [4.78, 5) is 82.4. The SMILES string of the molecule is NC(=O)CCC(NC(=O)C(CCC(N)=O)NC(=O)C(CC(=O)O)NC(=O)C1CCCN1)C(=O)O. The van der Waals surface area contributed by atoms with Crippen LogP contribution in [0.4, 0.5) is 0 Å². The van der Waals surface area contributed by atoms with Crippen molar-refractivity contribution in [2.45, 2.75) is 69.1 Å². The molecule has 4 unspecified atom stereocenters. The smallest absolute Gasteiger partial charge is 0.326 e. The molecule has 1 heterocycles. The van der Waals surface area contributed by atoms with Gasteiger partial charge in [-0.3, -0.25) is 28.8 Å². The first-order valence-electron chi connectivity index (χ1n) is 10.6. The molecule has 15 heteroatoms. The number of hydrogen-bond donors (Lipinski definition) is 8. The number of carboxylic acids is 2. The number of nitrogens with two attached hydrogens (primary N) is 2. The highest BCUT2D eigenvalue weighted by molar-refractivity contribution is 5.96. The van der Waals surface area contributed by atoms with Crippen molar-refractivity contribution < 1.29 is 43.8 Å². The molecule has 0 spiro atoms. The van der Waals surface area contributed by atoms with Crippen LogP contribution in [0, 0.1) is 0 Å². The number of aliphatic carboxylic acids is 2. The Balaban J connectivity index is 2.95. The number of nitrogens with one attached hydrogen (secondary N) is 4. The summed E-state index contributed by atoms with van der Waals surface area (Å²) in [5, 5.41) is 28.0. The number of rotatable bonds is 15. The van der Waals surface area contributed by atoms with Crippen LogP contribution in [0.2, 0.25) is 0 Å². The molecule has 0 aromatic carbocycles. The molecule has 5 amide bonds. The van der Waals surface area contributed by atoms with E-state index in [0.29, 0.717) is 13.0 Å². The molecular weight excluding hydrogens is 456 g/mol. The van der Waals surface area contributed by atoms with Crippen LogP contribution < -0.4 is 32.7 Å². The van der Waals surface area contributed by atoms with Gasteiger partial charge in [-0.05, 0) is 32.2 Å². The van der Waals surface area contributed by atoms with Crippen LogP contribution in [0.5, 0.6) is 0 Å². The van der Waals surface area contributed by atoms with Crippen LogP contribution in [0.3, 0.4) is 0 Å². The minimum atomic E-state index is -1.54. The lowest BCUT2D eigenvalue weighted by molar-refractivity contribution is -0.143. The first-order valence-corrected chi connectivity index (χ1v) is 10.6. The Morgan fingerprint density at radius 3 is 1.82 bits per heavy atom. The molecule has 1 aliphatic rings. The lowest BCUT2D eigenvalue weighted by atomic mass is 10.1. The normalized spacial score (nSPS) is 17.6. The summed E-state index contributed by atoms with van der Waals surface area (Å²) in [6.45, 7) is 0.587. The van der Waals surface area contributed by atoms with Crippen molar-refractivity contribution >= 4 is 41.5 Å². The predicted octanol–water partition coefficient (Wildman–Crippen LogP) is -3.72. The van der Waals surface area contributed by atoms with E-state index in [9.17, 15) is 38.7 Å². The number of hydrogen-bond acceptors (Lipinski definition) is 8. The van der Waals surface area contributed by atoms with Crippen LogP contribution >= 0.6 is 0 Å². The molecule has 1 aliphatic heterocycles. The van der Waals surface area contributed by atoms with Crippen LogP contribution in [-0.2, 0) is 33.6 Å². The maximum atomic E-state index is 12.7. The maximum absolute atomic E-state index is 12.7. The van der Waals surface area contributed by atoms with E-state index in [1.54, 1.807) is 0 Å². The van der Waals surface area contributed by atoms with Gasteiger partial charge in [0.25, 0.3) is 0 Å². The summed E-state index contributed by atoms with van der Waals surface area (Å²) in [6, 6.07) is -5.13. The molecule has 0 saturated carbocycles. The summed E-state index contributed by atoms with van der Waals surface area (Å²) in [5.74, 6) is -7.08. The van der Waals surface area contributed by atoms with Crippen LogP contribution in [-0.4, -0.2) is 82.4 Å². The molecule has 0 bridgehead atoms. The Hall–Kier alpha value is -3.75. The van der Waals surface area contributed by atoms with Gasteiger partial charge in [-0.1, -0.05) is 0 Å². The molecule has 0 aromatic rings. The highest BCUT2D eigenvalue weighted by atomic mass is 16.4. The average Bonchev–Trinajstić information content (AvgIpc) is 3.27. The molecule has 0 aliphatic carbocycles. The fourth-order valence-electron chi connectivity index (χ4n) is 3.21. The highest BCUT2D eigenvalue weighted by Crippen LogP contribution is 2.07. The van der Waals surface area contributed by atoms with E-state index < -0.39 is 72.1 Å². The molecule has 1 saturated heterocycles. The third-order valence-corrected chi connectivity index (χ3v) is 4.99. The fourth-order valence-corrected chi connectivity index (χ4v) is 3.21. The van der Waals surface area contributed by atoms with Gasteiger partial charge in [-0.2, -0.15) is 0 Å². The van der Waals surface area contributed by atoms with Crippen molar-refractivity contribution in [2.75, 3.05) is 6.54 Å². The molecule has 190 valence electrons. The molecular formula is C19H30N6O9. The number of carboxylic acid groups (broad SMARTS) is 2. The topological polar surface area (TPSA) is 260 Å². The lowest BCUT2D eigenvalue weighted by Gasteiger charge is -2.24. The molecule has 15 nitrogen and oxygen atoms in total. The fraction of sp³-hybridized carbons (Fsp3) is 0.632. The van der Waals surface area contributed by atoms with E-state index in [0.717, 1.165) is 6.42 Å². The second-order valence-electron chi connectivity index (χ2n) is 7.78. The van der Waals surface area contributed by atoms with Crippen molar-refractivity contribution in [3.63, 3.8) is 0 Å². The van der Waals surface area contributed by atoms with Crippen molar-refractivity contribution in [3.05, 3.63) is 0 Å². The van der Waals surface area contributed by atoms with Crippen LogP contribution in [0.1, 0.15) is 44.9 Å². The van der Waals surface area contributed by atoms with Gasteiger partial charge in [0.2, 0.25) is 29.5 Å². The quantitative estimate of drug-likeness (QED) is 0.112. The van der Waals surface area contributed by atoms with Crippen molar-refractivity contribution in [1.29, 1.82) is 0 Å². The Kier molecular flexibility index (Phi) is 11.4. The van der Waals surface area contributed by atoms with Gasteiger partial charge in [-0.15, -0.1) is 0 Å². The Morgan fingerprint density at radius 2 is 1.35 bits per heavy atom. The number of primary amides is 2. The second kappa shape index (κ2) is 13.7. The van der Waals surface area contributed by atoms with Gasteiger partial charge in [0.15, 0.2) is 0 Å². The summed E-state index contributed by atoms with van der Waals surface area (Å²) >= 11 is 0. The third kappa shape index (κ3) is 10.2. The summed E-state index contributed by atoms with van der Waals surface area (Å²) in [6.07, 6.45) is -0.907. The van der Waals surface area contributed by atoms with Crippen LogP contribution in [0.15, 0.2) is 0 Å². The van der Waals surface area contributed by atoms with Crippen molar-refractivity contribution in [3.8, 4) is 0 Å². The monoisotopic (exact) mass is 486 g/mol. The zero-order valence-electron chi connectivity index (χ0n) is 18.4. The minimum absolute atomic E-state index is 0.320. The molecule has 10 N–H and O–H groups in total. The van der Waals surface area contributed by atoms with Crippen molar-refractivity contribution in [2.24, 2.45) is 11.5 Å². The number of amides is 5. The van der Waals surface area contributed by atoms with Gasteiger partial charge in [-0.25, -0.2) is 4.79 Å². The summed E-state index contributed by atoms with van der Waals surface area (Å²) in [7, 11) is 0. The second-order valence-corrected chi connectivity index (χ2v) is 7.78. The summed E-state index contributed by atoms with van der Waals surface area (Å²) in [5.41, 5.74) is 10.1. The Morgan fingerprint density at radius 1 is 0.824 bits per heavy atom. The van der Waals surface area contributed by atoms with E-state index in [4.69, 9.17) is 16.6 Å². The van der Waals surface area contributed by atoms with E-state index >= 15 is 0 Å². The Labute approximate surface area is 194 Å². The average molecular weight is 486 g/mol. The number of carbonyl (C=O) groups excluding carboxylic acids is 5. The minimum Gasteiger partial charge on any atom is -0.481 e. The third-order valence-electron chi connectivity index (χ3n) is 4.99. The highest BCUT2D eigenvalue weighted by Gasteiger charge is 2.32. The zero-order chi connectivity index (χ0) is 25.8. The Bertz CT molecular complexity index is 812. The molecule has 0 radical (unpaired) electrons. The largest absolute Gasteiger partial charge is 0.481 e. The molecule has 1 rings (SSSR count). The van der Waals surface area contributed by atoms with E-state index in [-0.39, 0.29) is 25.7 Å². The summed E-state index contributed by atoms with van der Waals surface area (Å²) < 4.78 is 0. The zero-order valence-corrected chi connectivity index (χ0v) is 18.4. The van der Waals surface area contributed by atoms with E-state index in [1.807, 2.05) is 0 Å². The van der Waals surface area contributed by atoms with E-state index in [1.165, 1.54) is 0 Å². The van der Waals surface area contributed by atoms with E-state index in [2.05, 4.69) is 21.3 Å².